The van der Waals surface area contributed by atoms with Crippen LogP contribution in [-0.2, 0) is 24.1 Å². The smallest absolute Gasteiger partial charge is 0.191 e. The maximum Gasteiger partial charge on any atom is 0.191 e. The molecular weight excluding hydrogens is 292 g/mol. The molecule has 0 spiro atoms. The molecule has 0 radical (unpaired) electrons. The minimum Gasteiger partial charge on any atom is -0.380 e. The monoisotopic (exact) mass is 322 g/mol. The van der Waals surface area contributed by atoms with E-state index < -0.39 is 0 Å². The third kappa shape index (κ3) is 5.82. The van der Waals surface area contributed by atoms with E-state index in [0.29, 0.717) is 13.2 Å². The van der Waals surface area contributed by atoms with Crippen LogP contribution >= 0.6 is 0 Å². The summed E-state index contributed by atoms with van der Waals surface area (Å²) in [6.45, 7) is 8.83. The van der Waals surface area contributed by atoms with Crippen molar-refractivity contribution in [3.8, 4) is 0 Å². The van der Waals surface area contributed by atoms with Gasteiger partial charge in [-0.2, -0.15) is 0 Å². The van der Waals surface area contributed by atoms with Crippen LogP contribution in [0.25, 0.3) is 0 Å². The van der Waals surface area contributed by atoms with Gasteiger partial charge in [0.25, 0.3) is 0 Å². The number of rotatable bonds is 8. The van der Waals surface area contributed by atoms with E-state index in [0.717, 1.165) is 56.7 Å². The lowest BCUT2D eigenvalue weighted by Gasteiger charge is -2.12. The van der Waals surface area contributed by atoms with Crippen LogP contribution in [0.4, 0.5) is 0 Å². The van der Waals surface area contributed by atoms with Crippen molar-refractivity contribution in [2.24, 2.45) is 4.99 Å². The summed E-state index contributed by atoms with van der Waals surface area (Å²) in [5.41, 5.74) is 0. The van der Waals surface area contributed by atoms with Crippen molar-refractivity contribution in [3.05, 3.63) is 11.6 Å². The molecule has 0 amide bonds. The second-order valence-electron chi connectivity index (χ2n) is 5.63. The first kappa shape index (κ1) is 17.7. The lowest BCUT2D eigenvalue weighted by Crippen LogP contribution is -2.38. The van der Waals surface area contributed by atoms with Gasteiger partial charge in [0.2, 0.25) is 0 Å². The summed E-state index contributed by atoms with van der Waals surface area (Å²) in [7, 11) is 0. The number of guanidine groups is 1. The molecule has 2 N–H and O–H groups in total. The van der Waals surface area contributed by atoms with Crippen molar-refractivity contribution in [1.82, 2.24) is 25.4 Å². The van der Waals surface area contributed by atoms with E-state index in [4.69, 9.17) is 4.74 Å². The number of nitrogens with one attached hydrogen (secondary N) is 2. The maximum atomic E-state index is 5.32. The first-order valence-electron chi connectivity index (χ1n) is 8.86. The summed E-state index contributed by atoms with van der Waals surface area (Å²) in [6.07, 6.45) is 5.67. The Morgan fingerprint density at radius 3 is 2.96 bits per heavy atom. The third-order valence-electron chi connectivity index (χ3n) is 3.88. The quantitative estimate of drug-likeness (QED) is 0.426. The highest BCUT2D eigenvalue weighted by atomic mass is 16.5. The average molecular weight is 322 g/mol. The molecule has 0 aliphatic carbocycles. The summed E-state index contributed by atoms with van der Waals surface area (Å²) in [5, 5.41) is 15.3. The van der Waals surface area contributed by atoms with Gasteiger partial charge in [-0.25, -0.2) is 0 Å². The van der Waals surface area contributed by atoms with Crippen molar-refractivity contribution in [1.29, 1.82) is 0 Å². The molecule has 7 nitrogen and oxygen atoms in total. The van der Waals surface area contributed by atoms with Gasteiger partial charge in [0.15, 0.2) is 5.96 Å². The molecule has 0 bridgehead atoms. The number of aliphatic imine (C=N–C) groups is 1. The molecule has 0 aromatic carbocycles. The van der Waals surface area contributed by atoms with E-state index in [2.05, 4.69) is 37.3 Å². The Morgan fingerprint density at radius 1 is 1.22 bits per heavy atom. The van der Waals surface area contributed by atoms with Crippen molar-refractivity contribution >= 4 is 5.96 Å². The first-order chi connectivity index (χ1) is 11.3. The van der Waals surface area contributed by atoms with Gasteiger partial charge >= 0.3 is 0 Å². The molecule has 1 aliphatic rings. The van der Waals surface area contributed by atoms with Crippen LogP contribution in [0.1, 0.15) is 44.8 Å². The molecule has 0 unspecified atom stereocenters. The highest BCUT2D eigenvalue weighted by Gasteiger charge is 2.14. The molecule has 1 aromatic rings. The van der Waals surface area contributed by atoms with Crippen LogP contribution in [0.5, 0.6) is 0 Å². The Hall–Kier alpha value is -1.63. The van der Waals surface area contributed by atoms with Crippen molar-refractivity contribution in [2.45, 2.75) is 52.5 Å². The molecular formula is C16H30N6O. The summed E-state index contributed by atoms with van der Waals surface area (Å²) < 4.78 is 7.61. The fourth-order valence-corrected chi connectivity index (χ4v) is 2.73. The molecule has 7 heteroatoms. The Morgan fingerprint density at radius 2 is 2.13 bits per heavy atom. The number of aromatic nitrogens is 3. The predicted molar refractivity (Wildman–Crippen MR) is 91.8 cm³/mol. The average Bonchev–Trinajstić information content (AvgIpc) is 2.79. The largest absolute Gasteiger partial charge is 0.380 e. The highest BCUT2D eigenvalue weighted by Crippen LogP contribution is 2.14. The normalized spacial score (nSPS) is 15.1. The lowest BCUT2D eigenvalue weighted by atomic mass is 10.2. The molecule has 1 aliphatic heterocycles. The standard InChI is InChI=1S/C16H30N6O/c1-3-17-16(19-11-13-23-4-2)18-10-9-15-21-20-14-8-6-5-7-12-22(14)15/h3-13H2,1-2H3,(H2,17,18,19). The van der Waals surface area contributed by atoms with Crippen molar-refractivity contribution < 1.29 is 4.74 Å². The van der Waals surface area contributed by atoms with Crippen LogP contribution in [0.3, 0.4) is 0 Å². The zero-order valence-corrected chi connectivity index (χ0v) is 14.5. The Balaban J connectivity index is 1.81. The van der Waals surface area contributed by atoms with Gasteiger partial charge in [0.05, 0.1) is 13.2 Å². The number of nitrogens with zero attached hydrogens (tertiary/aromatic N) is 4. The summed E-state index contributed by atoms with van der Waals surface area (Å²) in [4.78, 5) is 4.50. The number of aryl methyl sites for hydroxylation is 1. The summed E-state index contributed by atoms with van der Waals surface area (Å²) in [5.74, 6) is 3.07. The SMILES string of the molecule is CCNC(=NCCOCC)NCCc1nnc2n1CCCCC2. The fraction of sp³-hybridized carbons (Fsp3) is 0.812. The third-order valence-corrected chi connectivity index (χ3v) is 3.88. The number of hydrogen-bond donors (Lipinski definition) is 2. The molecule has 1 aromatic heterocycles. The second kappa shape index (κ2) is 10.2. The van der Waals surface area contributed by atoms with Gasteiger partial charge in [-0.3, -0.25) is 4.99 Å². The minimum atomic E-state index is 0.658. The molecule has 130 valence electrons. The maximum absolute atomic E-state index is 5.32. The molecule has 23 heavy (non-hydrogen) atoms. The molecule has 0 saturated heterocycles. The van der Waals surface area contributed by atoms with Crippen LogP contribution in [0.2, 0.25) is 0 Å². The first-order valence-corrected chi connectivity index (χ1v) is 8.86. The van der Waals surface area contributed by atoms with Crippen LogP contribution in [0.15, 0.2) is 4.99 Å². The van der Waals surface area contributed by atoms with Gasteiger partial charge in [0.1, 0.15) is 11.6 Å². The van der Waals surface area contributed by atoms with Crippen LogP contribution in [0, 0.1) is 0 Å². The van der Waals surface area contributed by atoms with Crippen molar-refractivity contribution in [3.63, 3.8) is 0 Å². The van der Waals surface area contributed by atoms with Crippen molar-refractivity contribution in [2.75, 3.05) is 32.8 Å². The predicted octanol–water partition coefficient (Wildman–Crippen LogP) is 1.14. The zero-order chi connectivity index (χ0) is 16.3. The van der Waals surface area contributed by atoms with E-state index in [1.54, 1.807) is 0 Å². The van der Waals surface area contributed by atoms with E-state index in [9.17, 15) is 0 Å². The van der Waals surface area contributed by atoms with Crippen LogP contribution in [-0.4, -0.2) is 53.6 Å². The molecule has 0 fully saturated rings. The number of hydrogen-bond acceptors (Lipinski definition) is 4. The topological polar surface area (TPSA) is 76.4 Å². The van der Waals surface area contributed by atoms with Gasteiger partial charge in [0, 0.05) is 39.1 Å². The summed E-state index contributed by atoms with van der Waals surface area (Å²) in [6, 6.07) is 0. The lowest BCUT2D eigenvalue weighted by molar-refractivity contribution is 0.155. The van der Waals surface area contributed by atoms with Gasteiger partial charge in [-0.05, 0) is 26.7 Å². The van der Waals surface area contributed by atoms with Crippen LogP contribution < -0.4 is 10.6 Å². The van der Waals surface area contributed by atoms with E-state index in [1.807, 2.05) is 6.92 Å². The Labute approximate surface area is 138 Å². The molecule has 0 atom stereocenters. The Bertz CT molecular complexity index is 485. The molecule has 2 rings (SSSR count). The van der Waals surface area contributed by atoms with E-state index >= 15 is 0 Å². The minimum absolute atomic E-state index is 0.658. The number of ether oxygens (including phenoxy) is 1. The van der Waals surface area contributed by atoms with Gasteiger partial charge < -0.3 is 19.9 Å². The highest BCUT2D eigenvalue weighted by molar-refractivity contribution is 5.79. The zero-order valence-electron chi connectivity index (χ0n) is 14.5. The number of fused-ring (bicyclic) bond motifs is 1. The Kier molecular flexibility index (Phi) is 7.86. The fourth-order valence-electron chi connectivity index (χ4n) is 2.73. The molecule has 0 saturated carbocycles. The molecule has 2 heterocycles. The van der Waals surface area contributed by atoms with Gasteiger partial charge in [-0.1, -0.05) is 6.42 Å². The second-order valence-corrected chi connectivity index (χ2v) is 5.63. The van der Waals surface area contributed by atoms with Gasteiger partial charge in [-0.15, -0.1) is 10.2 Å². The van der Waals surface area contributed by atoms with E-state index in [-0.39, 0.29) is 0 Å². The summed E-state index contributed by atoms with van der Waals surface area (Å²) >= 11 is 0. The van der Waals surface area contributed by atoms with E-state index in [1.165, 1.54) is 19.3 Å².